The van der Waals surface area contributed by atoms with Crippen LogP contribution in [-0.4, -0.2) is 38.1 Å². The summed E-state index contributed by atoms with van der Waals surface area (Å²) in [6, 6.07) is 1.62. The minimum absolute atomic E-state index is 0.184. The summed E-state index contributed by atoms with van der Waals surface area (Å²) in [7, 11) is 0. The second kappa shape index (κ2) is 8.37. The number of carbonyl (C=O) groups is 2. The fourth-order valence-electron chi connectivity index (χ4n) is 3.17. The van der Waals surface area contributed by atoms with Crippen LogP contribution < -0.4 is 16.2 Å². The molecule has 0 radical (unpaired) electrons. The van der Waals surface area contributed by atoms with Crippen LogP contribution in [0.25, 0.3) is 5.95 Å². The van der Waals surface area contributed by atoms with Crippen LogP contribution in [0.5, 0.6) is 0 Å². The van der Waals surface area contributed by atoms with Crippen LogP contribution in [0.2, 0.25) is 0 Å². The van der Waals surface area contributed by atoms with Gasteiger partial charge < -0.3 is 10.6 Å². The summed E-state index contributed by atoms with van der Waals surface area (Å²) in [4.78, 5) is 43.9. The first-order valence-corrected chi connectivity index (χ1v) is 9.63. The van der Waals surface area contributed by atoms with Crippen molar-refractivity contribution in [3.8, 4) is 5.95 Å². The molecule has 0 saturated carbocycles. The van der Waals surface area contributed by atoms with E-state index in [1.807, 2.05) is 13.8 Å². The zero-order chi connectivity index (χ0) is 20.3. The molecule has 0 unspecified atom stereocenters. The predicted molar refractivity (Wildman–Crippen MR) is 104 cm³/mol. The van der Waals surface area contributed by atoms with E-state index in [-0.39, 0.29) is 17.3 Å². The number of aromatic nitrogens is 4. The van der Waals surface area contributed by atoms with E-state index in [0.717, 1.165) is 37.8 Å². The number of aryl methyl sites for hydroxylation is 2. The van der Waals surface area contributed by atoms with Crippen LogP contribution in [0.15, 0.2) is 10.9 Å². The first kappa shape index (κ1) is 19.8. The van der Waals surface area contributed by atoms with Gasteiger partial charge in [-0.15, -0.1) is 0 Å². The summed E-state index contributed by atoms with van der Waals surface area (Å²) in [6.07, 6.45) is 4.21. The number of amides is 2. The molecular weight excluding hydrogens is 360 g/mol. The van der Waals surface area contributed by atoms with Crippen molar-refractivity contribution in [3.05, 3.63) is 33.4 Å². The Labute approximate surface area is 162 Å². The van der Waals surface area contributed by atoms with Gasteiger partial charge in [-0.2, -0.15) is 9.78 Å². The van der Waals surface area contributed by atoms with Gasteiger partial charge in [-0.1, -0.05) is 13.8 Å². The third kappa shape index (κ3) is 4.47. The molecule has 0 aliphatic heterocycles. The largest absolute Gasteiger partial charge is 0.348 e. The van der Waals surface area contributed by atoms with Crippen molar-refractivity contribution in [1.82, 2.24) is 25.1 Å². The molecule has 28 heavy (non-hydrogen) atoms. The average Bonchev–Trinajstić information content (AvgIpc) is 3.01. The summed E-state index contributed by atoms with van der Waals surface area (Å²) in [6.45, 7) is 6.27. The fourth-order valence-corrected chi connectivity index (χ4v) is 3.17. The molecule has 3 N–H and O–H groups in total. The highest BCUT2D eigenvalue weighted by atomic mass is 16.2. The molecule has 3 rings (SSSR count). The summed E-state index contributed by atoms with van der Waals surface area (Å²) >= 11 is 0. The highest BCUT2D eigenvalue weighted by Gasteiger charge is 2.20. The Balaban J connectivity index is 1.80. The molecule has 150 valence electrons. The monoisotopic (exact) mass is 386 g/mol. The Morgan fingerprint density at radius 2 is 2.00 bits per heavy atom. The van der Waals surface area contributed by atoms with E-state index < -0.39 is 11.8 Å². The summed E-state index contributed by atoms with van der Waals surface area (Å²) in [5.74, 6) is -0.558. The number of hydrogen-bond donors (Lipinski definition) is 3. The van der Waals surface area contributed by atoms with E-state index in [9.17, 15) is 14.4 Å². The number of rotatable bonds is 5. The Hall–Kier alpha value is -2.97. The quantitative estimate of drug-likeness (QED) is 0.668. The number of carbonyl (C=O) groups excluding carboxylic acids is 2. The Morgan fingerprint density at radius 3 is 2.75 bits per heavy atom. The topological polar surface area (TPSA) is 122 Å². The molecule has 1 aliphatic carbocycles. The zero-order valence-electron chi connectivity index (χ0n) is 16.5. The van der Waals surface area contributed by atoms with Crippen molar-refractivity contribution in [2.75, 3.05) is 11.9 Å². The third-order valence-electron chi connectivity index (χ3n) is 4.67. The number of nitrogens with one attached hydrogen (secondary N) is 3. The molecule has 2 aromatic heterocycles. The normalized spacial score (nSPS) is 13.3. The van der Waals surface area contributed by atoms with Crippen molar-refractivity contribution >= 4 is 17.6 Å². The van der Waals surface area contributed by atoms with Gasteiger partial charge in [0.1, 0.15) is 5.82 Å². The molecule has 0 aromatic carbocycles. The van der Waals surface area contributed by atoms with Gasteiger partial charge in [-0.25, -0.2) is 4.98 Å². The molecule has 2 aromatic rings. The van der Waals surface area contributed by atoms with Gasteiger partial charge in [0.15, 0.2) is 0 Å². The molecule has 9 nitrogen and oxygen atoms in total. The van der Waals surface area contributed by atoms with Crippen LogP contribution in [0.3, 0.4) is 0 Å². The average molecular weight is 386 g/mol. The SMILES string of the molecule is Cc1cc(NC(=O)C(=O)NCCC(C)C)n(-c2nc3c(c(=O)[nH]2)CCCC3)n1. The number of H-pyrrole nitrogens is 1. The van der Waals surface area contributed by atoms with Gasteiger partial charge in [0, 0.05) is 18.2 Å². The molecular formula is C19H26N6O3. The highest BCUT2D eigenvalue weighted by Crippen LogP contribution is 2.19. The first-order chi connectivity index (χ1) is 13.3. The molecule has 0 fully saturated rings. The van der Waals surface area contributed by atoms with Crippen LogP contribution >= 0.6 is 0 Å². The van der Waals surface area contributed by atoms with Gasteiger partial charge in [0.05, 0.1) is 11.4 Å². The predicted octanol–water partition coefficient (Wildman–Crippen LogP) is 1.24. The van der Waals surface area contributed by atoms with Crippen LogP contribution in [0.4, 0.5) is 5.82 Å². The van der Waals surface area contributed by atoms with Crippen LogP contribution in [-0.2, 0) is 22.4 Å². The summed E-state index contributed by atoms with van der Waals surface area (Å²) in [5, 5.41) is 9.46. The third-order valence-corrected chi connectivity index (χ3v) is 4.67. The number of anilines is 1. The van der Waals surface area contributed by atoms with E-state index in [2.05, 4.69) is 25.7 Å². The lowest BCUT2D eigenvalue weighted by molar-refractivity contribution is -0.136. The van der Waals surface area contributed by atoms with E-state index in [4.69, 9.17) is 0 Å². The van der Waals surface area contributed by atoms with Crippen molar-refractivity contribution in [3.63, 3.8) is 0 Å². The van der Waals surface area contributed by atoms with Crippen molar-refractivity contribution in [1.29, 1.82) is 0 Å². The van der Waals surface area contributed by atoms with Gasteiger partial charge in [0.25, 0.3) is 5.56 Å². The Morgan fingerprint density at radius 1 is 1.25 bits per heavy atom. The molecule has 0 saturated heterocycles. The van der Waals surface area contributed by atoms with E-state index in [1.165, 1.54) is 4.68 Å². The number of aromatic amines is 1. The van der Waals surface area contributed by atoms with Gasteiger partial charge in [-0.3, -0.25) is 19.4 Å². The van der Waals surface area contributed by atoms with Gasteiger partial charge in [0.2, 0.25) is 5.95 Å². The molecule has 2 amide bonds. The molecule has 1 aliphatic rings. The molecule has 9 heteroatoms. The molecule has 0 atom stereocenters. The maximum absolute atomic E-state index is 12.4. The maximum Gasteiger partial charge on any atom is 0.314 e. The lowest BCUT2D eigenvalue weighted by Crippen LogP contribution is -2.36. The number of hydrogen-bond acceptors (Lipinski definition) is 5. The van der Waals surface area contributed by atoms with Gasteiger partial charge in [-0.05, 0) is 44.9 Å². The second-order valence-corrected chi connectivity index (χ2v) is 7.50. The minimum atomic E-state index is -0.787. The van der Waals surface area contributed by atoms with Gasteiger partial charge >= 0.3 is 11.8 Å². The number of nitrogens with zero attached hydrogens (tertiary/aromatic N) is 3. The van der Waals surface area contributed by atoms with Crippen molar-refractivity contribution < 1.29 is 9.59 Å². The fraction of sp³-hybridized carbons (Fsp3) is 0.526. The van der Waals surface area contributed by atoms with Crippen molar-refractivity contribution in [2.24, 2.45) is 5.92 Å². The second-order valence-electron chi connectivity index (χ2n) is 7.50. The van der Waals surface area contributed by atoms with E-state index >= 15 is 0 Å². The standard InChI is InChI=1S/C19H26N6O3/c1-11(2)8-9-20-17(27)18(28)22-15-10-12(3)24-25(15)19-21-14-7-5-4-6-13(14)16(26)23-19/h10-11H,4-9H2,1-3H3,(H,20,27)(H,22,28)(H,21,23,26). The first-order valence-electron chi connectivity index (χ1n) is 9.63. The Kier molecular flexibility index (Phi) is 5.91. The zero-order valence-corrected chi connectivity index (χ0v) is 16.5. The molecule has 2 heterocycles. The maximum atomic E-state index is 12.4. The van der Waals surface area contributed by atoms with Crippen LogP contribution in [0, 0.1) is 12.8 Å². The smallest absolute Gasteiger partial charge is 0.314 e. The van der Waals surface area contributed by atoms with Crippen LogP contribution in [0.1, 0.15) is 50.1 Å². The lowest BCUT2D eigenvalue weighted by atomic mass is 9.97. The molecule has 0 bridgehead atoms. The lowest BCUT2D eigenvalue weighted by Gasteiger charge is -2.15. The molecule has 0 spiro atoms. The minimum Gasteiger partial charge on any atom is -0.348 e. The summed E-state index contributed by atoms with van der Waals surface area (Å²) in [5.41, 5.74) is 1.92. The Bertz CT molecular complexity index is 944. The summed E-state index contributed by atoms with van der Waals surface area (Å²) < 4.78 is 1.35. The van der Waals surface area contributed by atoms with Crippen molar-refractivity contribution in [2.45, 2.75) is 52.9 Å². The highest BCUT2D eigenvalue weighted by molar-refractivity contribution is 6.39. The number of fused-ring (bicyclic) bond motifs is 1. The van der Waals surface area contributed by atoms with E-state index in [1.54, 1.807) is 13.0 Å². The van der Waals surface area contributed by atoms with E-state index in [0.29, 0.717) is 23.7 Å².